The van der Waals surface area contributed by atoms with Gasteiger partial charge in [-0.05, 0) is 29.8 Å². The summed E-state index contributed by atoms with van der Waals surface area (Å²) < 4.78 is 21.5. The molecule has 2 amide bonds. The van der Waals surface area contributed by atoms with Crippen molar-refractivity contribution in [2.75, 3.05) is 20.8 Å². The summed E-state index contributed by atoms with van der Waals surface area (Å²) in [4.78, 5) is 39.6. The average molecular weight is 505 g/mol. The second-order valence-corrected chi connectivity index (χ2v) is 8.36. The standard InChI is InChI=1S/C28H28N2O7/c1-34-22-14-13-21(24(15-22)35-2)16-30-23(18-36-27(32)20-11-7-4-8-12-20)25(26(30)31)29-28(33)37-17-19-9-5-3-6-10-19/h3-15,23,25H,16-18H2,1-2H3,(H,29,33)/t23-,25+/m0/s1. The maximum absolute atomic E-state index is 13.1. The average Bonchev–Trinajstić information content (AvgIpc) is 2.95. The van der Waals surface area contributed by atoms with E-state index >= 15 is 0 Å². The molecule has 1 N–H and O–H groups in total. The van der Waals surface area contributed by atoms with Gasteiger partial charge in [-0.1, -0.05) is 48.5 Å². The molecule has 2 atom stereocenters. The highest BCUT2D eigenvalue weighted by Gasteiger charge is 2.49. The molecule has 9 heteroatoms. The van der Waals surface area contributed by atoms with Gasteiger partial charge >= 0.3 is 12.1 Å². The van der Waals surface area contributed by atoms with Crippen molar-refractivity contribution in [2.45, 2.75) is 25.2 Å². The van der Waals surface area contributed by atoms with Gasteiger partial charge in [-0.3, -0.25) is 4.79 Å². The van der Waals surface area contributed by atoms with Gasteiger partial charge in [0.15, 0.2) is 0 Å². The van der Waals surface area contributed by atoms with Crippen molar-refractivity contribution in [3.8, 4) is 11.5 Å². The number of likely N-dealkylation sites (tertiary alicyclic amines) is 1. The molecular formula is C28H28N2O7. The Balaban J connectivity index is 1.45. The van der Waals surface area contributed by atoms with Crippen molar-refractivity contribution in [1.82, 2.24) is 10.2 Å². The third-order valence-corrected chi connectivity index (χ3v) is 6.05. The Bertz CT molecular complexity index is 1230. The molecule has 9 nitrogen and oxygen atoms in total. The number of nitrogens with zero attached hydrogens (tertiary/aromatic N) is 1. The lowest BCUT2D eigenvalue weighted by Gasteiger charge is -2.46. The molecule has 0 saturated carbocycles. The van der Waals surface area contributed by atoms with Gasteiger partial charge in [-0.2, -0.15) is 0 Å². The minimum atomic E-state index is -0.906. The van der Waals surface area contributed by atoms with Crippen LogP contribution in [-0.2, 0) is 27.4 Å². The minimum absolute atomic E-state index is 0.0635. The quantitative estimate of drug-likeness (QED) is 0.333. The molecular weight excluding hydrogens is 476 g/mol. The van der Waals surface area contributed by atoms with Crippen LogP contribution in [0.25, 0.3) is 0 Å². The molecule has 0 aromatic heterocycles. The van der Waals surface area contributed by atoms with E-state index in [1.807, 2.05) is 30.3 Å². The van der Waals surface area contributed by atoms with Gasteiger partial charge in [0.2, 0.25) is 5.91 Å². The molecule has 1 aliphatic rings. The lowest BCUT2D eigenvalue weighted by atomic mass is 9.94. The fourth-order valence-corrected chi connectivity index (χ4v) is 4.02. The number of methoxy groups -OCH3 is 2. The van der Waals surface area contributed by atoms with Gasteiger partial charge in [0.1, 0.15) is 30.8 Å². The van der Waals surface area contributed by atoms with E-state index in [1.165, 1.54) is 12.0 Å². The maximum Gasteiger partial charge on any atom is 0.408 e. The SMILES string of the molecule is COc1ccc(CN2C(=O)[C@H](NC(=O)OCc3ccccc3)[C@@H]2COC(=O)c2ccccc2)c(OC)c1. The zero-order valence-corrected chi connectivity index (χ0v) is 20.6. The van der Waals surface area contributed by atoms with Crippen LogP contribution in [0.5, 0.6) is 11.5 Å². The molecule has 192 valence electrons. The molecule has 0 radical (unpaired) electrons. The zero-order valence-electron chi connectivity index (χ0n) is 20.6. The van der Waals surface area contributed by atoms with Gasteiger partial charge < -0.3 is 29.2 Å². The predicted molar refractivity (Wildman–Crippen MR) is 134 cm³/mol. The number of benzene rings is 3. The van der Waals surface area contributed by atoms with Gasteiger partial charge in [0, 0.05) is 18.2 Å². The smallest absolute Gasteiger partial charge is 0.408 e. The van der Waals surface area contributed by atoms with Crippen LogP contribution in [0.15, 0.2) is 78.9 Å². The molecule has 0 aliphatic carbocycles. The molecule has 37 heavy (non-hydrogen) atoms. The Hall–Kier alpha value is -4.53. The fourth-order valence-electron chi connectivity index (χ4n) is 4.02. The molecule has 1 fully saturated rings. The van der Waals surface area contributed by atoms with Crippen molar-refractivity contribution < 1.29 is 33.3 Å². The van der Waals surface area contributed by atoms with Crippen molar-refractivity contribution in [2.24, 2.45) is 0 Å². The Morgan fingerprint density at radius 3 is 2.27 bits per heavy atom. The Morgan fingerprint density at radius 2 is 1.59 bits per heavy atom. The second kappa shape index (κ2) is 11.9. The molecule has 1 heterocycles. The summed E-state index contributed by atoms with van der Waals surface area (Å²) in [6, 6.07) is 21.5. The zero-order chi connectivity index (χ0) is 26.2. The lowest BCUT2D eigenvalue weighted by molar-refractivity contribution is -0.154. The highest BCUT2D eigenvalue weighted by Crippen LogP contribution is 2.30. The van der Waals surface area contributed by atoms with Crippen LogP contribution in [0.4, 0.5) is 4.79 Å². The van der Waals surface area contributed by atoms with Crippen molar-refractivity contribution >= 4 is 18.0 Å². The topological polar surface area (TPSA) is 103 Å². The number of hydrogen-bond acceptors (Lipinski definition) is 7. The largest absolute Gasteiger partial charge is 0.497 e. The Morgan fingerprint density at radius 1 is 0.892 bits per heavy atom. The van der Waals surface area contributed by atoms with Crippen molar-refractivity contribution in [3.63, 3.8) is 0 Å². The number of alkyl carbamates (subject to hydrolysis) is 1. The number of amides is 2. The summed E-state index contributed by atoms with van der Waals surface area (Å²) in [5, 5.41) is 2.62. The highest BCUT2D eigenvalue weighted by molar-refractivity contribution is 5.93. The molecule has 0 unspecified atom stereocenters. The third-order valence-electron chi connectivity index (χ3n) is 6.05. The summed E-state index contributed by atoms with van der Waals surface area (Å²) in [6.07, 6.45) is -0.733. The van der Waals surface area contributed by atoms with Crippen LogP contribution in [-0.4, -0.2) is 55.8 Å². The predicted octanol–water partition coefficient (Wildman–Crippen LogP) is 3.57. The lowest BCUT2D eigenvalue weighted by Crippen LogP contribution is -2.71. The summed E-state index contributed by atoms with van der Waals surface area (Å²) >= 11 is 0. The van der Waals surface area contributed by atoms with E-state index in [9.17, 15) is 14.4 Å². The molecule has 0 spiro atoms. The molecule has 3 aromatic rings. The van der Waals surface area contributed by atoms with E-state index < -0.39 is 24.1 Å². The summed E-state index contributed by atoms with van der Waals surface area (Å²) in [5.41, 5.74) is 1.95. The van der Waals surface area contributed by atoms with Gasteiger partial charge in [0.25, 0.3) is 0 Å². The molecule has 3 aromatic carbocycles. The first-order valence-electron chi connectivity index (χ1n) is 11.7. The maximum atomic E-state index is 13.1. The molecule has 1 saturated heterocycles. The number of β-lactam (4-membered cyclic amide) rings is 1. The summed E-state index contributed by atoms with van der Waals surface area (Å²) in [6.45, 7) is 0.145. The van der Waals surface area contributed by atoms with E-state index in [4.69, 9.17) is 18.9 Å². The number of esters is 1. The number of carbonyl (C=O) groups is 3. The first kappa shape index (κ1) is 25.6. The second-order valence-electron chi connectivity index (χ2n) is 8.36. The fraction of sp³-hybridized carbons (Fsp3) is 0.250. The van der Waals surface area contributed by atoms with Crippen LogP contribution >= 0.6 is 0 Å². The van der Waals surface area contributed by atoms with Crippen LogP contribution < -0.4 is 14.8 Å². The van der Waals surface area contributed by atoms with Gasteiger partial charge in [-0.25, -0.2) is 9.59 Å². The first-order valence-corrected chi connectivity index (χ1v) is 11.7. The van der Waals surface area contributed by atoms with E-state index in [0.29, 0.717) is 17.1 Å². The van der Waals surface area contributed by atoms with Crippen molar-refractivity contribution in [1.29, 1.82) is 0 Å². The number of hydrogen-bond donors (Lipinski definition) is 1. The highest BCUT2D eigenvalue weighted by atomic mass is 16.6. The minimum Gasteiger partial charge on any atom is -0.497 e. The third kappa shape index (κ3) is 6.19. The van der Waals surface area contributed by atoms with Crippen LogP contribution in [0.3, 0.4) is 0 Å². The Labute approximate surface area is 214 Å². The van der Waals surface area contributed by atoms with E-state index in [1.54, 1.807) is 55.6 Å². The first-order chi connectivity index (χ1) is 18.0. The van der Waals surface area contributed by atoms with Crippen LogP contribution in [0.1, 0.15) is 21.5 Å². The summed E-state index contributed by atoms with van der Waals surface area (Å²) in [7, 11) is 3.08. The normalized spacial score (nSPS) is 16.4. The summed E-state index contributed by atoms with van der Waals surface area (Å²) in [5.74, 6) is 0.318. The van der Waals surface area contributed by atoms with Crippen LogP contribution in [0, 0.1) is 0 Å². The molecule has 0 bridgehead atoms. The van der Waals surface area contributed by atoms with E-state index in [-0.39, 0.29) is 25.7 Å². The van der Waals surface area contributed by atoms with Crippen LogP contribution in [0.2, 0.25) is 0 Å². The number of ether oxygens (including phenoxy) is 4. The van der Waals surface area contributed by atoms with Crippen molar-refractivity contribution in [3.05, 3.63) is 95.6 Å². The number of rotatable bonds is 10. The monoisotopic (exact) mass is 504 g/mol. The van der Waals surface area contributed by atoms with Gasteiger partial charge in [-0.15, -0.1) is 0 Å². The number of carbonyl (C=O) groups excluding carboxylic acids is 3. The molecule has 1 aliphatic heterocycles. The molecule has 4 rings (SSSR count). The Kier molecular flexibility index (Phi) is 8.25. The van der Waals surface area contributed by atoms with E-state index in [2.05, 4.69) is 5.32 Å². The van der Waals surface area contributed by atoms with Gasteiger partial charge in [0.05, 0.1) is 25.8 Å². The number of nitrogens with one attached hydrogen (secondary N) is 1. The van der Waals surface area contributed by atoms with E-state index in [0.717, 1.165) is 11.1 Å².